The minimum Gasteiger partial charge on any atom is -0.274 e. The maximum atomic E-state index is 13.0. The first-order chi connectivity index (χ1) is 14.1. The standard InChI is InChI=1S/C23H22N2O4/c26-20-16-3-1-2-4-17(16)21(27)24(20)14-7-9-15(10-8-14)25-22(28)18-12-5-6-13(11-12)19(18)23(25)29/h5-10,12-13,16-19H,1-4,11H2/t12-,13+,16-,17+,18-,19-/m0/s1. The molecule has 0 spiro atoms. The van der Waals surface area contributed by atoms with Crippen molar-refractivity contribution in [3.05, 3.63) is 36.4 Å². The van der Waals surface area contributed by atoms with E-state index in [1.54, 1.807) is 24.3 Å². The fourth-order valence-corrected chi connectivity index (χ4v) is 6.32. The van der Waals surface area contributed by atoms with E-state index in [4.69, 9.17) is 0 Å². The van der Waals surface area contributed by atoms with Crippen molar-refractivity contribution in [1.29, 1.82) is 0 Å². The molecule has 2 bridgehead atoms. The van der Waals surface area contributed by atoms with Gasteiger partial charge in [-0.3, -0.25) is 29.0 Å². The average Bonchev–Trinajstić information content (AvgIpc) is 3.47. The Morgan fingerprint density at radius 1 is 0.621 bits per heavy atom. The number of rotatable bonds is 2. The molecule has 5 aliphatic rings. The second-order valence-corrected chi connectivity index (χ2v) is 9.04. The Bertz CT molecular complexity index is 927. The van der Waals surface area contributed by atoms with E-state index < -0.39 is 0 Å². The van der Waals surface area contributed by atoms with Gasteiger partial charge in [0.1, 0.15) is 0 Å². The van der Waals surface area contributed by atoms with E-state index >= 15 is 0 Å². The van der Waals surface area contributed by atoms with Gasteiger partial charge in [0, 0.05) is 0 Å². The number of carbonyl (C=O) groups excluding carboxylic acids is 4. The normalized spacial score (nSPS) is 37.7. The van der Waals surface area contributed by atoms with Crippen molar-refractivity contribution < 1.29 is 19.2 Å². The first kappa shape index (κ1) is 17.1. The van der Waals surface area contributed by atoms with Gasteiger partial charge in [-0.15, -0.1) is 0 Å². The summed E-state index contributed by atoms with van der Waals surface area (Å²) in [5.74, 6) is -0.976. The summed E-state index contributed by atoms with van der Waals surface area (Å²) < 4.78 is 0. The van der Waals surface area contributed by atoms with Crippen LogP contribution in [-0.4, -0.2) is 23.6 Å². The largest absolute Gasteiger partial charge is 0.274 e. The van der Waals surface area contributed by atoms with Gasteiger partial charge in [-0.2, -0.15) is 0 Å². The topological polar surface area (TPSA) is 74.8 Å². The number of carbonyl (C=O) groups is 4. The third kappa shape index (κ3) is 2.17. The summed E-state index contributed by atoms with van der Waals surface area (Å²) >= 11 is 0. The van der Waals surface area contributed by atoms with Crippen LogP contribution >= 0.6 is 0 Å². The highest BCUT2D eigenvalue weighted by Gasteiger charge is 2.59. The minimum atomic E-state index is -0.234. The fourth-order valence-electron chi connectivity index (χ4n) is 6.32. The van der Waals surface area contributed by atoms with Gasteiger partial charge in [-0.1, -0.05) is 25.0 Å². The van der Waals surface area contributed by atoms with Gasteiger partial charge in [0.15, 0.2) is 0 Å². The van der Waals surface area contributed by atoms with Gasteiger partial charge in [0.25, 0.3) is 0 Å². The van der Waals surface area contributed by atoms with Gasteiger partial charge in [0.05, 0.1) is 35.0 Å². The highest BCUT2D eigenvalue weighted by atomic mass is 16.2. The lowest BCUT2D eigenvalue weighted by atomic mass is 9.81. The number of imide groups is 2. The first-order valence-corrected chi connectivity index (χ1v) is 10.6. The summed E-state index contributed by atoms with van der Waals surface area (Å²) in [4.78, 5) is 54.1. The second-order valence-electron chi connectivity index (χ2n) is 9.04. The third-order valence-corrected chi connectivity index (χ3v) is 7.68. The van der Waals surface area contributed by atoms with Crippen LogP contribution in [-0.2, 0) is 19.2 Å². The molecule has 0 unspecified atom stereocenters. The van der Waals surface area contributed by atoms with Gasteiger partial charge in [-0.05, 0) is 55.4 Å². The van der Waals surface area contributed by atoms with Crippen LogP contribution < -0.4 is 9.80 Å². The van der Waals surface area contributed by atoms with Crippen LogP contribution in [0.25, 0.3) is 0 Å². The summed E-state index contributed by atoms with van der Waals surface area (Å²) in [5.41, 5.74) is 1.05. The van der Waals surface area contributed by atoms with Crippen LogP contribution in [0.15, 0.2) is 36.4 Å². The lowest BCUT2D eigenvalue weighted by Gasteiger charge is -2.19. The van der Waals surface area contributed by atoms with Crippen molar-refractivity contribution in [2.24, 2.45) is 35.5 Å². The maximum Gasteiger partial charge on any atom is 0.238 e. The number of nitrogens with zero attached hydrogens (tertiary/aromatic N) is 2. The first-order valence-electron chi connectivity index (χ1n) is 10.6. The summed E-state index contributed by atoms with van der Waals surface area (Å²) in [6, 6.07) is 6.74. The zero-order chi connectivity index (χ0) is 19.9. The van der Waals surface area contributed by atoms with Crippen molar-refractivity contribution in [3.63, 3.8) is 0 Å². The molecule has 29 heavy (non-hydrogen) atoms. The van der Waals surface area contributed by atoms with Gasteiger partial charge in [-0.25, -0.2) is 0 Å². The molecule has 4 amide bonds. The predicted molar refractivity (Wildman–Crippen MR) is 105 cm³/mol. The quantitative estimate of drug-likeness (QED) is 0.575. The molecule has 6 rings (SSSR count). The lowest BCUT2D eigenvalue weighted by molar-refractivity contribution is -0.124. The molecular formula is C23H22N2O4. The zero-order valence-corrected chi connectivity index (χ0v) is 16.0. The Kier molecular flexibility index (Phi) is 3.47. The molecule has 4 fully saturated rings. The Morgan fingerprint density at radius 2 is 1.03 bits per heavy atom. The molecule has 2 aliphatic heterocycles. The predicted octanol–water partition coefficient (Wildman–Crippen LogP) is 2.68. The summed E-state index contributed by atoms with van der Waals surface area (Å²) in [5, 5.41) is 0. The number of benzene rings is 1. The molecule has 2 saturated heterocycles. The number of allylic oxidation sites excluding steroid dienone is 2. The summed E-state index contributed by atoms with van der Waals surface area (Å²) in [6.45, 7) is 0. The molecule has 1 aromatic carbocycles. The van der Waals surface area contributed by atoms with Crippen LogP contribution in [0, 0.1) is 35.5 Å². The average molecular weight is 390 g/mol. The number of anilines is 2. The second kappa shape index (κ2) is 5.88. The number of fused-ring (bicyclic) bond motifs is 6. The van der Waals surface area contributed by atoms with Crippen molar-refractivity contribution in [2.75, 3.05) is 9.80 Å². The third-order valence-electron chi connectivity index (χ3n) is 7.68. The highest BCUT2D eigenvalue weighted by molar-refractivity contribution is 6.24. The SMILES string of the molecule is O=C1[C@@H]2[C@@H](C(=O)N1c1ccc(N3C(=O)[C@H]4CCCC[C@H]4C3=O)cc1)[C@H]1C=C[C@@H]2C1. The van der Waals surface area contributed by atoms with E-state index in [1.165, 1.54) is 9.80 Å². The Balaban J connectivity index is 1.28. The zero-order valence-electron chi connectivity index (χ0n) is 16.0. The Hall–Kier alpha value is -2.76. The number of hydrogen-bond acceptors (Lipinski definition) is 4. The molecule has 3 aliphatic carbocycles. The minimum absolute atomic E-state index is 0.113. The Morgan fingerprint density at radius 3 is 1.48 bits per heavy atom. The fraction of sp³-hybridized carbons (Fsp3) is 0.478. The van der Waals surface area contributed by atoms with Gasteiger partial charge < -0.3 is 0 Å². The van der Waals surface area contributed by atoms with Gasteiger partial charge >= 0.3 is 0 Å². The van der Waals surface area contributed by atoms with Crippen LogP contribution in [0.2, 0.25) is 0 Å². The monoisotopic (exact) mass is 390 g/mol. The molecule has 6 nitrogen and oxygen atoms in total. The van der Waals surface area contributed by atoms with E-state index in [0.29, 0.717) is 11.4 Å². The summed E-state index contributed by atoms with van der Waals surface area (Å²) in [7, 11) is 0. The molecule has 6 atom stereocenters. The lowest BCUT2D eigenvalue weighted by Crippen LogP contribution is -2.33. The van der Waals surface area contributed by atoms with Crippen LogP contribution in [0.5, 0.6) is 0 Å². The summed E-state index contributed by atoms with van der Waals surface area (Å²) in [6.07, 6.45) is 8.60. The van der Waals surface area contributed by atoms with E-state index in [9.17, 15) is 19.2 Å². The molecular weight excluding hydrogens is 368 g/mol. The molecule has 2 heterocycles. The van der Waals surface area contributed by atoms with E-state index in [1.807, 2.05) is 0 Å². The Labute approximate surface area is 168 Å². The number of amides is 4. The molecule has 1 aromatic rings. The van der Waals surface area contributed by atoms with Crippen molar-refractivity contribution in [1.82, 2.24) is 0 Å². The van der Waals surface area contributed by atoms with E-state index in [0.717, 1.165) is 32.1 Å². The van der Waals surface area contributed by atoms with Gasteiger partial charge in [0.2, 0.25) is 23.6 Å². The van der Waals surface area contributed by atoms with Crippen LogP contribution in [0.4, 0.5) is 11.4 Å². The molecule has 148 valence electrons. The van der Waals surface area contributed by atoms with Crippen molar-refractivity contribution in [2.45, 2.75) is 32.1 Å². The van der Waals surface area contributed by atoms with Crippen LogP contribution in [0.1, 0.15) is 32.1 Å². The van der Waals surface area contributed by atoms with Crippen LogP contribution in [0.3, 0.4) is 0 Å². The molecule has 6 heteroatoms. The molecule has 0 radical (unpaired) electrons. The van der Waals surface area contributed by atoms with E-state index in [-0.39, 0.29) is 59.1 Å². The number of hydrogen-bond donors (Lipinski definition) is 0. The smallest absolute Gasteiger partial charge is 0.238 e. The van der Waals surface area contributed by atoms with Crippen molar-refractivity contribution >= 4 is 35.0 Å². The molecule has 0 aromatic heterocycles. The molecule has 2 saturated carbocycles. The van der Waals surface area contributed by atoms with Crippen molar-refractivity contribution in [3.8, 4) is 0 Å². The highest BCUT2D eigenvalue weighted by Crippen LogP contribution is 2.53. The maximum absolute atomic E-state index is 13.0. The van der Waals surface area contributed by atoms with E-state index in [2.05, 4.69) is 12.2 Å². The molecule has 0 N–H and O–H groups in total.